The lowest BCUT2D eigenvalue weighted by atomic mass is 9.81. The van der Waals surface area contributed by atoms with E-state index in [2.05, 4.69) is 25.4 Å². The maximum atomic E-state index is 13.0. The second-order valence-electron chi connectivity index (χ2n) is 7.03. The molecular formula is C20H23FN6. The molecule has 1 fully saturated rings. The molecule has 3 aromatic rings. The lowest BCUT2D eigenvalue weighted by Crippen LogP contribution is -2.35. The molecule has 6 nitrogen and oxygen atoms in total. The number of nitrogens with zero attached hydrogens (tertiary/aromatic N) is 3. The van der Waals surface area contributed by atoms with E-state index >= 15 is 0 Å². The Morgan fingerprint density at radius 2 is 1.93 bits per heavy atom. The molecule has 4 N–H and O–H groups in total. The van der Waals surface area contributed by atoms with Gasteiger partial charge in [0.15, 0.2) is 0 Å². The molecule has 4 rings (SSSR count). The Hall–Kier alpha value is -2.80. The number of nitrogens with two attached hydrogens (primary N) is 1. The van der Waals surface area contributed by atoms with Crippen molar-refractivity contribution >= 4 is 16.7 Å². The summed E-state index contributed by atoms with van der Waals surface area (Å²) in [5, 5.41) is 8.63. The summed E-state index contributed by atoms with van der Waals surface area (Å²) in [5.41, 5.74) is 3.58. The summed E-state index contributed by atoms with van der Waals surface area (Å²) in [6, 6.07) is 9.06. The van der Waals surface area contributed by atoms with Crippen molar-refractivity contribution in [2.75, 3.05) is 0 Å². The van der Waals surface area contributed by atoms with E-state index in [0.29, 0.717) is 12.0 Å². The van der Waals surface area contributed by atoms with Crippen LogP contribution in [-0.4, -0.2) is 26.7 Å². The highest BCUT2D eigenvalue weighted by atomic mass is 19.1. The number of nitrogens with one attached hydrogen (secondary N) is 2. The molecule has 0 spiro atoms. The molecule has 0 bridgehead atoms. The number of aromatic amines is 1. The molecule has 7 heteroatoms. The Kier molecular flexibility index (Phi) is 5.11. The topological polar surface area (TPSA) is 92.0 Å². The third kappa shape index (κ3) is 3.83. The Morgan fingerprint density at radius 1 is 1.15 bits per heavy atom. The number of benzene rings is 1. The van der Waals surface area contributed by atoms with Crippen LogP contribution < -0.4 is 11.2 Å². The summed E-state index contributed by atoms with van der Waals surface area (Å²) in [7, 11) is 0. The first-order valence-electron chi connectivity index (χ1n) is 9.28. The van der Waals surface area contributed by atoms with Gasteiger partial charge in [-0.1, -0.05) is 12.1 Å². The van der Waals surface area contributed by atoms with Gasteiger partial charge >= 0.3 is 0 Å². The Morgan fingerprint density at radius 3 is 2.67 bits per heavy atom. The summed E-state index contributed by atoms with van der Waals surface area (Å²) >= 11 is 0. The maximum absolute atomic E-state index is 13.0. The van der Waals surface area contributed by atoms with Crippen molar-refractivity contribution in [1.29, 1.82) is 0 Å². The average molecular weight is 366 g/mol. The number of hydrogen-bond donors (Lipinski definition) is 3. The van der Waals surface area contributed by atoms with Crippen molar-refractivity contribution in [2.45, 2.75) is 38.3 Å². The van der Waals surface area contributed by atoms with Gasteiger partial charge in [0.1, 0.15) is 17.8 Å². The van der Waals surface area contributed by atoms with E-state index in [9.17, 15) is 4.39 Å². The third-order valence-electron chi connectivity index (χ3n) is 5.36. The van der Waals surface area contributed by atoms with Gasteiger partial charge in [0.25, 0.3) is 0 Å². The van der Waals surface area contributed by atoms with Crippen molar-refractivity contribution in [3.05, 3.63) is 59.9 Å². The molecule has 27 heavy (non-hydrogen) atoms. The van der Waals surface area contributed by atoms with Gasteiger partial charge in [0.05, 0.1) is 11.4 Å². The van der Waals surface area contributed by atoms with Crippen LogP contribution >= 0.6 is 0 Å². The first-order chi connectivity index (χ1) is 13.2. The van der Waals surface area contributed by atoms with Crippen LogP contribution in [0.15, 0.2) is 48.0 Å². The molecule has 0 amide bonds. The predicted octanol–water partition coefficient (Wildman–Crippen LogP) is 3.11. The maximum Gasteiger partial charge on any atom is 0.141 e. The van der Waals surface area contributed by atoms with Crippen LogP contribution in [0, 0.1) is 11.7 Å². The number of hydrazone groups is 1. The van der Waals surface area contributed by atoms with Crippen LogP contribution in [0.25, 0.3) is 11.0 Å². The lowest BCUT2D eigenvalue weighted by Gasteiger charge is -2.29. The fourth-order valence-corrected chi connectivity index (χ4v) is 3.87. The monoisotopic (exact) mass is 366 g/mol. The van der Waals surface area contributed by atoms with Crippen molar-refractivity contribution in [3.63, 3.8) is 0 Å². The minimum absolute atomic E-state index is 0.200. The number of fused-ring (bicyclic) bond motifs is 1. The molecule has 1 saturated carbocycles. The molecule has 0 atom stereocenters. The zero-order chi connectivity index (χ0) is 18.6. The molecule has 2 aromatic heterocycles. The van der Waals surface area contributed by atoms with Crippen LogP contribution in [0.3, 0.4) is 0 Å². The second-order valence-corrected chi connectivity index (χ2v) is 7.03. The second kappa shape index (κ2) is 7.84. The fourth-order valence-electron chi connectivity index (χ4n) is 3.87. The van der Waals surface area contributed by atoms with Gasteiger partial charge in [-0.3, -0.25) is 0 Å². The first-order valence-corrected chi connectivity index (χ1v) is 9.28. The van der Waals surface area contributed by atoms with Crippen molar-refractivity contribution in [3.8, 4) is 0 Å². The third-order valence-corrected chi connectivity index (χ3v) is 5.36. The van der Waals surface area contributed by atoms with Gasteiger partial charge < -0.3 is 16.1 Å². The van der Waals surface area contributed by atoms with Gasteiger partial charge in [-0.05, 0) is 49.4 Å². The molecule has 140 valence electrons. The number of hydrogen-bond acceptors (Lipinski definition) is 5. The molecule has 1 aromatic carbocycles. The van der Waals surface area contributed by atoms with Gasteiger partial charge in [0.2, 0.25) is 0 Å². The van der Waals surface area contributed by atoms with Crippen LogP contribution in [0.1, 0.15) is 36.9 Å². The Bertz CT molecular complexity index is 925. The number of rotatable bonds is 5. The Balaban J connectivity index is 1.38. The molecule has 2 heterocycles. The minimum atomic E-state index is -0.200. The summed E-state index contributed by atoms with van der Waals surface area (Å²) in [6.07, 6.45) is 7.51. The van der Waals surface area contributed by atoms with E-state index in [-0.39, 0.29) is 5.82 Å². The normalized spacial score (nSPS) is 20.9. The SMILES string of the molecule is NN=C(c1ncnc2[nH]ccc12)C1CCC(NCc2ccc(F)cc2)CC1. The molecule has 1 aliphatic carbocycles. The lowest BCUT2D eigenvalue weighted by molar-refractivity contribution is 0.338. The molecule has 0 unspecified atom stereocenters. The van der Waals surface area contributed by atoms with Crippen LogP contribution in [0.4, 0.5) is 4.39 Å². The van der Waals surface area contributed by atoms with E-state index in [1.165, 1.54) is 12.1 Å². The average Bonchev–Trinajstić information content (AvgIpc) is 3.19. The van der Waals surface area contributed by atoms with Crippen LogP contribution in [-0.2, 0) is 6.54 Å². The van der Waals surface area contributed by atoms with E-state index in [1.54, 1.807) is 6.33 Å². The highest BCUT2D eigenvalue weighted by Gasteiger charge is 2.27. The van der Waals surface area contributed by atoms with Crippen molar-refractivity contribution in [2.24, 2.45) is 16.9 Å². The summed E-state index contributed by atoms with van der Waals surface area (Å²) in [6.45, 7) is 0.753. The van der Waals surface area contributed by atoms with E-state index < -0.39 is 0 Å². The van der Waals surface area contributed by atoms with E-state index in [0.717, 1.165) is 60.2 Å². The molecular weight excluding hydrogens is 343 g/mol. The number of halogens is 1. The van der Waals surface area contributed by atoms with Gasteiger partial charge in [-0.15, -0.1) is 0 Å². The fraction of sp³-hybridized carbons (Fsp3) is 0.350. The first kappa shape index (κ1) is 17.6. The Labute approximate surface area is 157 Å². The zero-order valence-electron chi connectivity index (χ0n) is 15.0. The smallest absolute Gasteiger partial charge is 0.141 e. The molecule has 1 aliphatic rings. The highest BCUT2D eigenvalue weighted by molar-refractivity contribution is 6.09. The quantitative estimate of drug-likeness (QED) is 0.367. The van der Waals surface area contributed by atoms with Crippen molar-refractivity contribution in [1.82, 2.24) is 20.3 Å². The van der Waals surface area contributed by atoms with Gasteiger partial charge in [-0.2, -0.15) is 5.10 Å². The summed E-state index contributed by atoms with van der Waals surface area (Å²) in [5.74, 6) is 5.85. The van der Waals surface area contributed by atoms with Crippen LogP contribution in [0.5, 0.6) is 0 Å². The highest BCUT2D eigenvalue weighted by Crippen LogP contribution is 2.29. The van der Waals surface area contributed by atoms with E-state index in [1.807, 2.05) is 24.4 Å². The van der Waals surface area contributed by atoms with Crippen molar-refractivity contribution < 1.29 is 4.39 Å². The number of H-pyrrole nitrogens is 1. The molecule has 0 radical (unpaired) electrons. The molecule has 0 aliphatic heterocycles. The van der Waals surface area contributed by atoms with E-state index in [4.69, 9.17) is 5.84 Å². The predicted molar refractivity (Wildman–Crippen MR) is 104 cm³/mol. The molecule has 0 saturated heterocycles. The zero-order valence-corrected chi connectivity index (χ0v) is 15.0. The summed E-state index contributed by atoms with van der Waals surface area (Å²) < 4.78 is 13.0. The minimum Gasteiger partial charge on any atom is -0.346 e. The largest absolute Gasteiger partial charge is 0.346 e. The van der Waals surface area contributed by atoms with Gasteiger partial charge in [-0.25, -0.2) is 14.4 Å². The standard InChI is InChI=1S/C20H23FN6/c21-15-5-1-13(2-6-15)11-24-16-7-3-14(4-8-16)18(27-22)19-17-9-10-23-20(17)26-12-25-19/h1-2,5-6,9-10,12,14,16,24H,3-4,7-8,11,22H2,(H,23,25,26). The number of aromatic nitrogens is 3. The summed E-state index contributed by atoms with van der Waals surface area (Å²) in [4.78, 5) is 11.8. The van der Waals surface area contributed by atoms with Crippen LogP contribution in [0.2, 0.25) is 0 Å². The van der Waals surface area contributed by atoms with Gasteiger partial charge in [0, 0.05) is 30.1 Å².